The number of Topliss-reactive ketones (excluding diaryl/α,β-unsaturated/α-hetero) is 1. The fourth-order valence-electron chi connectivity index (χ4n) is 2.92. The largest absolute Gasteiger partial charge is 0.365 e. The Morgan fingerprint density at radius 3 is 2.78 bits per heavy atom. The molecule has 2 nitrogen and oxygen atoms in total. The van der Waals surface area contributed by atoms with Crippen molar-refractivity contribution in [3.05, 3.63) is 28.2 Å². The first kappa shape index (κ1) is 13.6. The summed E-state index contributed by atoms with van der Waals surface area (Å²) < 4.78 is 0.969. The first-order valence-corrected chi connectivity index (χ1v) is 7.42. The highest BCUT2D eigenvalue weighted by Gasteiger charge is 2.31. The third-order valence-electron chi connectivity index (χ3n) is 3.87. The van der Waals surface area contributed by atoms with Gasteiger partial charge in [-0.1, -0.05) is 22.9 Å². The van der Waals surface area contributed by atoms with E-state index in [4.69, 9.17) is 0 Å². The summed E-state index contributed by atoms with van der Waals surface area (Å²) >= 11 is 3.45. The van der Waals surface area contributed by atoms with Crippen LogP contribution in [0.2, 0.25) is 0 Å². The second-order valence-corrected chi connectivity index (χ2v) is 6.03. The molecule has 3 heteroatoms. The molecule has 1 aliphatic heterocycles. The summed E-state index contributed by atoms with van der Waals surface area (Å²) in [5.74, 6) is 0.139. The lowest BCUT2D eigenvalue weighted by molar-refractivity contribution is 0.101. The monoisotopic (exact) mass is 309 g/mol. The number of anilines is 1. The standard InChI is InChI=1S/C15H20BrNO/c1-4-13-7-5-10(2)17(13)15-8-6-12(16)9-14(15)11(3)18/h6,8-10,13H,4-5,7H2,1-3H3. The van der Waals surface area contributed by atoms with Crippen molar-refractivity contribution in [2.24, 2.45) is 0 Å². The van der Waals surface area contributed by atoms with E-state index in [1.807, 2.05) is 12.1 Å². The smallest absolute Gasteiger partial charge is 0.161 e. The molecule has 1 aromatic carbocycles. The van der Waals surface area contributed by atoms with Gasteiger partial charge < -0.3 is 4.90 Å². The van der Waals surface area contributed by atoms with Crippen LogP contribution < -0.4 is 4.90 Å². The van der Waals surface area contributed by atoms with Crippen LogP contribution in [0.15, 0.2) is 22.7 Å². The molecule has 1 aromatic rings. The van der Waals surface area contributed by atoms with E-state index in [2.05, 4.69) is 40.7 Å². The first-order valence-electron chi connectivity index (χ1n) is 6.63. The van der Waals surface area contributed by atoms with Gasteiger partial charge in [-0.15, -0.1) is 0 Å². The molecule has 0 N–H and O–H groups in total. The number of benzene rings is 1. The topological polar surface area (TPSA) is 20.3 Å². The van der Waals surface area contributed by atoms with E-state index >= 15 is 0 Å². The number of hydrogen-bond donors (Lipinski definition) is 0. The number of nitrogens with zero attached hydrogens (tertiary/aromatic N) is 1. The molecule has 1 saturated heterocycles. The molecule has 98 valence electrons. The van der Waals surface area contributed by atoms with Gasteiger partial charge in [0.1, 0.15) is 0 Å². The van der Waals surface area contributed by atoms with Crippen molar-refractivity contribution in [1.82, 2.24) is 0 Å². The molecule has 1 aliphatic rings. The van der Waals surface area contributed by atoms with Gasteiger partial charge >= 0.3 is 0 Å². The second-order valence-electron chi connectivity index (χ2n) is 5.11. The average Bonchev–Trinajstić information content (AvgIpc) is 2.70. The molecule has 0 aromatic heterocycles. The quantitative estimate of drug-likeness (QED) is 0.770. The van der Waals surface area contributed by atoms with Crippen LogP contribution in [0, 0.1) is 0 Å². The van der Waals surface area contributed by atoms with Crippen LogP contribution in [0.4, 0.5) is 5.69 Å². The lowest BCUT2D eigenvalue weighted by Crippen LogP contribution is -2.35. The van der Waals surface area contributed by atoms with Crippen molar-refractivity contribution in [3.63, 3.8) is 0 Å². The average molecular weight is 310 g/mol. The summed E-state index contributed by atoms with van der Waals surface area (Å²) in [6, 6.07) is 7.13. The molecule has 0 spiro atoms. The van der Waals surface area contributed by atoms with E-state index in [-0.39, 0.29) is 5.78 Å². The number of rotatable bonds is 3. The summed E-state index contributed by atoms with van der Waals surface area (Å²) in [6.07, 6.45) is 3.58. The zero-order valence-electron chi connectivity index (χ0n) is 11.2. The Morgan fingerprint density at radius 1 is 1.44 bits per heavy atom. The van der Waals surface area contributed by atoms with Crippen LogP contribution in [-0.4, -0.2) is 17.9 Å². The number of ketones is 1. The van der Waals surface area contributed by atoms with Crippen LogP contribution in [-0.2, 0) is 0 Å². The molecule has 2 atom stereocenters. The Morgan fingerprint density at radius 2 is 2.17 bits per heavy atom. The minimum Gasteiger partial charge on any atom is -0.365 e. The predicted molar refractivity (Wildman–Crippen MR) is 79.4 cm³/mol. The lowest BCUT2D eigenvalue weighted by Gasteiger charge is -2.32. The van der Waals surface area contributed by atoms with Gasteiger partial charge in [0.2, 0.25) is 0 Å². The van der Waals surface area contributed by atoms with E-state index in [0.29, 0.717) is 12.1 Å². The number of carbonyl (C=O) groups excluding carboxylic acids is 1. The molecule has 0 aliphatic carbocycles. The number of carbonyl (C=O) groups is 1. The number of halogens is 1. The van der Waals surface area contributed by atoms with Crippen molar-refractivity contribution in [2.75, 3.05) is 4.90 Å². The van der Waals surface area contributed by atoms with E-state index in [9.17, 15) is 4.79 Å². The summed E-state index contributed by atoms with van der Waals surface area (Å²) in [5, 5.41) is 0. The molecule has 2 unspecified atom stereocenters. The highest BCUT2D eigenvalue weighted by atomic mass is 79.9. The van der Waals surface area contributed by atoms with Crippen molar-refractivity contribution in [3.8, 4) is 0 Å². The van der Waals surface area contributed by atoms with Crippen LogP contribution in [0.3, 0.4) is 0 Å². The van der Waals surface area contributed by atoms with Crippen LogP contribution in [0.1, 0.15) is 50.4 Å². The number of hydrogen-bond acceptors (Lipinski definition) is 2. The zero-order valence-corrected chi connectivity index (χ0v) is 12.8. The minimum absolute atomic E-state index is 0.139. The predicted octanol–water partition coefficient (Wildman–Crippen LogP) is 4.42. The van der Waals surface area contributed by atoms with Gasteiger partial charge in [0, 0.05) is 27.8 Å². The van der Waals surface area contributed by atoms with Crippen molar-refractivity contribution in [2.45, 2.75) is 52.1 Å². The Balaban J connectivity index is 2.46. The Bertz CT molecular complexity index is 458. The molecule has 0 amide bonds. The molecule has 1 heterocycles. The van der Waals surface area contributed by atoms with Gasteiger partial charge in [0.15, 0.2) is 5.78 Å². The maximum atomic E-state index is 11.8. The maximum Gasteiger partial charge on any atom is 0.161 e. The van der Waals surface area contributed by atoms with Gasteiger partial charge in [-0.2, -0.15) is 0 Å². The van der Waals surface area contributed by atoms with Crippen molar-refractivity contribution in [1.29, 1.82) is 0 Å². The Kier molecular flexibility index (Phi) is 4.10. The van der Waals surface area contributed by atoms with Gasteiger partial charge in [-0.05, 0) is 51.3 Å². The molecule has 1 fully saturated rings. The zero-order chi connectivity index (χ0) is 13.3. The van der Waals surface area contributed by atoms with Crippen LogP contribution >= 0.6 is 15.9 Å². The molecule has 0 radical (unpaired) electrons. The second kappa shape index (κ2) is 5.43. The summed E-state index contributed by atoms with van der Waals surface area (Å²) in [4.78, 5) is 14.3. The first-order chi connectivity index (χ1) is 8.54. The molecule has 0 bridgehead atoms. The highest BCUT2D eigenvalue weighted by Crippen LogP contribution is 2.35. The summed E-state index contributed by atoms with van der Waals surface area (Å²) in [5.41, 5.74) is 1.93. The van der Waals surface area contributed by atoms with E-state index in [1.54, 1.807) is 6.92 Å². The third kappa shape index (κ3) is 2.46. The van der Waals surface area contributed by atoms with Crippen LogP contribution in [0.25, 0.3) is 0 Å². The van der Waals surface area contributed by atoms with Gasteiger partial charge in [-0.25, -0.2) is 0 Å². The summed E-state index contributed by atoms with van der Waals surface area (Å²) in [6.45, 7) is 6.12. The SMILES string of the molecule is CCC1CCC(C)N1c1ccc(Br)cc1C(C)=O. The van der Waals surface area contributed by atoms with Gasteiger partial charge in [-0.3, -0.25) is 4.79 Å². The van der Waals surface area contributed by atoms with Gasteiger partial charge in [0.05, 0.1) is 0 Å². The molecule has 0 saturated carbocycles. The van der Waals surface area contributed by atoms with Crippen molar-refractivity contribution >= 4 is 27.4 Å². The molecule has 18 heavy (non-hydrogen) atoms. The minimum atomic E-state index is 0.139. The third-order valence-corrected chi connectivity index (χ3v) is 4.37. The van der Waals surface area contributed by atoms with E-state index in [1.165, 1.54) is 12.8 Å². The Hall–Kier alpha value is -0.830. The lowest BCUT2D eigenvalue weighted by atomic mass is 10.1. The fourth-order valence-corrected chi connectivity index (χ4v) is 3.28. The fraction of sp³-hybridized carbons (Fsp3) is 0.533. The van der Waals surface area contributed by atoms with E-state index < -0.39 is 0 Å². The van der Waals surface area contributed by atoms with Crippen molar-refractivity contribution < 1.29 is 4.79 Å². The normalized spacial score (nSPS) is 23.4. The van der Waals surface area contributed by atoms with E-state index in [0.717, 1.165) is 22.1 Å². The molecule has 2 rings (SSSR count). The highest BCUT2D eigenvalue weighted by molar-refractivity contribution is 9.10. The molecular formula is C15H20BrNO. The summed E-state index contributed by atoms with van der Waals surface area (Å²) in [7, 11) is 0. The molecular weight excluding hydrogens is 290 g/mol. The maximum absolute atomic E-state index is 11.8. The van der Waals surface area contributed by atoms with Gasteiger partial charge in [0.25, 0.3) is 0 Å². The Labute approximate surface area is 117 Å². The van der Waals surface area contributed by atoms with Crippen LogP contribution in [0.5, 0.6) is 0 Å².